The molecule has 11 heavy (non-hydrogen) atoms. The van der Waals surface area contributed by atoms with Crippen LogP contribution in [0.15, 0.2) is 0 Å². The van der Waals surface area contributed by atoms with Gasteiger partial charge in [-0.3, -0.25) is 0 Å². The van der Waals surface area contributed by atoms with Gasteiger partial charge in [-0.25, -0.2) is 0 Å². The molecule has 0 aromatic rings. The Kier molecular flexibility index (Phi) is 6.63. The van der Waals surface area contributed by atoms with Crippen LogP contribution in [-0.2, 0) is 4.74 Å². The third-order valence-corrected chi connectivity index (χ3v) is 2.42. The summed E-state index contributed by atoms with van der Waals surface area (Å²) in [4.78, 5) is 0. The highest BCUT2D eigenvalue weighted by Gasteiger charge is 2.13. The number of hydrogen-bond acceptors (Lipinski definition) is 1. The Hall–Kier alpha value is -0.0400. The molecular weight excluding hydrogens is 136 g/mol. The molecule has 0 rings (SSSR count). The molecule has 0 aromatic heterocycles. The maximum absolute atomic E-state index is 5.13. The van der Waals surface area contributed by atoms with Crippen molar-refractivity contribution in [3.05, 3.63) is 0 Å². The molecule has 0 aromatic carbocycles. The summed E-state index contributed by atoms with van der Waals surface area (Å²) in [6.07, 6.45) is 3.94. The van der Waals surface area contributed by atoms with Gasteiger partial charge < -0.3 is 4.74 Å². The molecule has 68 valence electrons. The molecule has 0 saturated carbocycles. The zero-order chi connectivity index (χ0) is 8.69. The Morgan fingerprint density at radius 3 is 2.27 bits per heavy atom. The first-order valence-corrected chi connectivity index (χ1v) is 4.75. The molecule has 0 N–H and O–H groups in total. The first-order chi connectivity index (χ1) is 5.26. The van der Waals surface area contributed by atoms with Crippen molar-refractivity contribution >= 4 is 0 Å². The van der Waals surface area contributed by atoms with Crippen molar-refractivity contribution in [2.45, 2.75) is 40.0 Å². The quantitative estimate of drug-likeness (QED) is 0.577. The maximum atomic E-state index is 5.13. The van der Waals surface area contributed by atoms with E-state index in [0.29, 0.717) is 0 Å². The highest BCUT2D eigenvalue weighted by Crippen LogP contribution is 2.20. The minimum atomic E-state index is 0.727. The van der Waals surface area contributed by atoms with Crippen LogP contribution in [-0.4, -0.2) is 13.7 Å². The molecule has 0 heterocycles. The van der Waals surface area contributed by atoms with E-state index >= 15 is 0 Å². The number of methoxy groups -OCH3 is 1. The van der Waals surface area contributed by atoms with Crippen LogP contribution in [0.5, 0.6) is 0 Å². The topological polar surface area (TPSA) is 9.23 Å². The van der Waals surface area contributed by atoms with Gasteiger partial charge in [0.1, 0.15) is 0 Å². The highest BCUT2D eigenvalue weighted by atomic mass is 16.5. The average molecular weight is 158 g/mol. The summed E-state index contributed by atoms with van der Waals surface area (Å²) < 4.78 is 5.13. The van der Waals surface area contributed by atoms with Crippen LogP contribution < -0.4 is 0 Å². The van der Waals surface area contributed by atoms with Crippen LogP contribution >= 0.6 is 0 Å². The Bertz CT molecular complexity index is 80.9. The first kappa shape index (κ1) is 11.0. The molecule has 2 unspecified atom stereocenters. The predicted octanol–water partition coefficient (Wildman–Crippen LogP) is 3.10. The lowest BCUT2D eigenvalue weighted by Crippen LogP contribution is -2.15. The average Bonchev–Trinajstić information content (AvgIpc) is 2.00. The molecule has 0 fully saturated rings. The summed E-state index contributed by atoms with van der Waals surface area (Å²) in [7, 11) is 1.79. The van der Waals surface area contributed by atoms with Gasteiger partial charge in [-0.05, 0) is 11.8 Å². The van der Waals surface area contributed by atoms with Crippen LogP contribution in [0.4, 0.5) is 0 Å². The smallest absolute Gasteiger partial charge is 0.0490 e. The minimum absolute atomic E-state index is 0.727. The molecule has 0 saturated heterocycles. The summed E-state index contributed by atoms with van der Waals surface area (Å²) >= 11 is 0. The van der Waals surface area contributed by atoms with Crippen molar-refractivity contribution in [3.63, 3.8) is 0 Å². The molecule has 2 atom stereocenters. The molecule has 1 nitrogen and oxygen atoms in total. The zero-order valence-electron chi connectivity index (χ0n) is 8.39. The Balaban J connectivity index is 3.61. The SMILES string of the molecule is CCCC(CC)C(C)COC. The Morgan fingerprint density at radius 2 is 1.91 bits per heavy atom. The maximum Gasteiger partial charge on any atom is 0.0490 e. The van der Waals surface area contributed by atoms with Crippen LogP contribution in [0.1, 0.15) is 40.0 Å². The standard InChI is InChI=1S/C10H22O/c1-5-7-10(6-2)9(3)8-11-4/h9-10H,5-8H2,1-4H3. The lowest BCUT2D eigenvalue weighted by atomic mass is 9.88. The van der Waals surface area contributed by atoms with Gasteiger partial charge in [-0.15, -0.1) is 0 Å². The fourth-order valence-electron chi connectivity index (χ4n) is 1.66. The highest BCUT2D eigenvalue weighted by molar-refractivity contribution is 4.63. The summed E-state index contributed by atoms with van der Waals surface area (Å²) in [5, 5.41) is 0. The molecule has 0 aliphatic heterocycles. The van der Waals surface area contributed by atoms with Crippen LogP contribution in [0.25, 0.3) is 0 Å². The van der Waals surface area contributed by atoms with Crippen molar-refractivity contribution in [2.24, 2.45) is 11.8 Å². The zero-order valence-corrected chi connectivity index (χ0v) is 8.39. The van der Waals surface area contributed by atoms with E-state index in [2.05, 4.69) is 20.8 Å². The molecule has 0 spiro atoms. The monoisotopic (exact) mass is 158 g/mol. The lowest BCUT2D eigenvalue weighted by molar-refractivity contribution is 0.124. The van der Waals surface area contributed by atoms with Gasteiger partial charge >= 0.3 is 0 Å². The summed E-state index contributed by atoms with van der Waals surface area (Å²) in [6, 6.07) is 0. The van der Waals surface area contributed by atoms with Crippen LogP contribution in [0, 0.1) is 11.8 Å². The number of hydrogen-bond donors (Lipinski definition) is 0. The molecular formula is C10H22O. The lowest BCUT2D eigenvalue weighted by Gasteiger charge is -2.21. The van der Waals surface area contributed by atoms with Gasteiger partial charge in [0.05, 0.1) is 0 Å². The molecule has 0 radical (unpaired) electrons. The molecule has 0 bridgehead atoms. The summed E-state index contributed by atoms with van der Waals surface area (Å²) in [6.45, 7) is 7.72. The van der Waals surface area contributed by atoms with E-state index in [1.807, 2.05) is 0 Å². The fraction of sp³-hybridized carbons (Fsp3) is 1.00. The largest absolute Gasteiger partial charge is 0.384 e. The molecule has 0 amide bonds. The molecule has 0 aliphatic rings. The van der Waals surface area contributed by atoms with Crippen molar-refractivity contribution in [1.82, 2.24) is 0 Å². The number of rotatable bonds is 6. The van der Waals surface area contributed by atoms with Crippen LogP contribution in [0.3, 0.4) is 0 Å². The van der Waals surface area contributed by atoms with Gasteiger partial charge in [0.15, 0.2) is 0 Å². The van der Waals surface area contributed by atoms with E-state index in [1.54, 1.807) is 7.11 Å². The second-order valence-electron chi connectivity index (χ2n) is 3.39. The van der Waals surface area contributed by atoms with E-state index in [4.69, 9.17) is 4.74 Å². The van der Waals surface area contributed by atoms with Gasteiger partial charge in [-0.2, -0.15) is 0 Å². The van der Waals surface area contributed by atoms with Crippen molar-refractivity contribution in [2.75, 3.05) is 13.7 Å². The van der Waals surface area contributed by atoms with Gasteiger partial charge in [-0.1, -0.05) is 40.0 Å². The molecule has 1 heteroatoms. The third kappa shape index (κ3) is 4.41. The van der Waals surface area contributed by atoms with Crippen molar-refractivity contribution < 1.29 is 4.74 Å². The normalized spacial score (nSPS) is 16.4. The third-order valence-electron chi connectivity index (χ3n) is 2.42. The van der Waals surface area contributed by atoms with Gasteiger partial charge in [0, 0.05) is 13.7 Å². The molecule has 0 aliphatic carbocycles. The minimum Gasteiger partial charge on any atom is -0.384 e. The van der Waals surface area contributed by atoms with Gasteiger partial charge in [0.2, 0.25) is 0 Å². The predicted molar refractivity (Wildman–Crippen MR) is 49.7 cm³/mol. The number of ether oxygens (including phenoxy) is 1. The van der Waals surface area contributed by atoms with E-state index in [0.717, 1.165) is 18.4 Å². The Labute approximate surface area is 71.1 Å². The first-order valence-electron chi connectivity index (χ1n) is 4.75. The van der Waals surface area contributed by atoms with E-state index in [1.165, 1.54) is 19.3 Å². The fourth-order valence-corrected chi connectivity index (χ4v) is 1.66. The van der Waals surface area contributed by atoms with E-state index in [9.17, 15) is 0 Å². The van der Waals surface area contributed by atoms with E-state index < -0.39 is 0 Å². The second-order valence-corrected chi connectivity index (χ2v) is 3.39. The summed E-state index contributed by atoms with van der Waals surface area (Å²) in [5.74, 6) is 1.59. The summed E-state index contributed by atoms with van der Waals surface area (Å²) in [5.41, 5.74) is 0. The van der Waals surface area contributed by atoms with Crippen molar-refractivity contribution in [3.8, 4) is 0 Å². The second kappa shape index (κ2) is 6.66. The van der Waals surface area contributed by atoms with Gasteiger partial charge in [0.25, 0.3) is 0 Å². The van der Waals surface area contributed by atoms with Crippen molar-refractivity contribution in [1.29, 1.82) is 0 Å². The van der Waals surface area contributed by atoms with Crippen LogP contribution in [0.2, 0.25) is 0 Å². The van der Waals surface area contributed by atoms with E-state index in [-0.39, 0.29) is 0 Å². The Morgan fingerprint density at radius 1 is 1.27 bits per heavy atom.